The van der Waals surface area contributed by atoms with E-state index < -0.39 is 36.0 Å². The summed E-state index contributed by atoms with van der Waals surface area (Å²) in [5, 5.41) is 26.0. The topological polar surface area (TPSA) is 181 Å². The number of carbonyl (C=O) groups excluding carboxylic acids is 2. The van der Waals surface area contributed by atoms with Crippen molar-refractivity contribution in [3.05, 3.63) is 87.6 Å². The van der Waals surface area contributed by atoms with E-state index in [1.165, 1.54) is 23.5 Å². The number of nitrogens with one attached hydrogen (secondary N) is 2. The molecule has 0 atom stereocenters. The molecule has 0 saturated heterocycles. The third-order valence-corrected chi connectivity index (χ3v) is 7.77. The molecular weight excluding hydrogens is 560 g/mol. The highest BCUT2D eigenvalue weighted by molar-refractivity contribution is 7.13. The van der Waals surface area contributed by atoms with E-state index in [0.29, 0.717) is 36.6 Å². The second-order valence-electron chi connectivity index (χ2n) is 9.55. The van der Waals surface area contributed by atoms with Crippen molar-refractivity contribution in [1.29, 1.82) is 0 Å². The maximum atomic E-state index is 13.9. The average Bonchev–Trinajstić information content (AvgIpc) is 3.37. The van der Waals surface area contributed by atoms with E-state index in [1.807, 2.05) is 30.5 Å². The number of nitrogens with two attached hydrogens (primary N) is 1. The zero-order chi connectivity index (χ0) is 30.0. The lowest BCUT2D eigenvalue weighted by molar-refractivity contribution is -0.135. The van der Waals surface area contributed by atoms with Gasteiger partial charge in [0.05, 0.1) is 6.61 Å². The van der Waals surface area contributed by atoms with Crippen molar-refractivity contribution in [2.24, 2.45) is 5.73 Å². The predicted molar refractivity (Wildman–Crippen MR) is 156 cm³/mol. The maximum absolute atomic E-state index is 13.9. The number of carbonyl (C=O) groups is 4. The van der Waals surface area contributed by atoms with Crippen molar-refractivity contribution < 1.29 is 34.1 Å². The van der Waals surface area contributed by atoms with Gasteiger partial charge in [0, 0.05) is 45.8 Å². The lowest BCUT2D eigenvalue weighted by Gasteiger charge is -2.17. The molecule has 12 heteroatoms. The molecule has 0 saturated carbocycles. The van der Waals surface area contributed by atoms with E-state index in [-0.39, 0.29) is 22.4 Å². The number of aromatic nitrogens is 1. The molecule has 0 spiro atoms. The number of pyridine rings is 1. The number of ether oxygens (including phenoxy) is 1. The number of nitrogens with zero attached hydrogens (tertiary/aromatic N) is 1. The van der Waals surface area contributed by atoms with E-state index in [1.54, 1.807) is 18.2 Å². The molecule has 0 bridgehead atoms. The Balaban J connectivity index is 1.65. The summed E-state index contributed by atoms with van der Waals surface area (Å²) in [5.74, 6) is -3.56. The molecule has 0 radical (unpaired) electrons. The van der Waals surface area contributed by atoms with Crippen molar-refractivity contribution in [3.63, 3.8) is 0 Å². The summed E-state index contributed by atoms with van der Waals surface area (Å²) in [5.41, 5.74) is 9.53. The van der Waals surface area contributed by atoms with Gasteiger partial charge < -0.3 is 31.3 Å². The van der Waals surface area contributed by atoms with Crippen LogP contribution >= 0.6 is 11.3 Å². The number of benzene rings is 2. The molecule has 1 aliphatic heterocycles. The summed E-state index contributed by atoms with van der Waals surface area (Å²) < 4.78 is 6.04. The fourth-order valence-electron chi connectivity index (χ4n) is 4.72. The van der Waals surface area contributed by atoms with Crippen LogP contribution in [0.25, 0.3) is 21.6 Å². The third kappa shape index (κ3) is 5.71. The minimum atomic E-state index is -1.44. The van der Waals surface area contributed by atoms with Crippen molar-refractivity contribution in [1.82, 2.24) is 10.3 Å². The number of aryl methyl sites for hydroxylation is 1. The Morgan fingerprint density at radius 3 is 2.52 bits per heavy atom. The Labute approximate surface area is 244 Å². The molecule has 2 aromatic carbocycles. The first-order valence-corrected chi connectivity index (χ1v) is 13.8. The number of carboxylic acids is 2. The number of hydrogen-bond acceptors (Lipinski definition) is 8. The number of amides is 2. The molecule has 0 aliphatic carbocycles. The van der Waals surface area contributed by atoms with E-state index in [4.69, 9.17) is 15.6 Å². The van der Waals surface area contributed by atoms with Gasteiger partial charge in [-0.15, -0.1) is 11.3 Å². The van der Waals surface area contributed by atoms with Crippen molar-refractivity contribution in [2.45, 2.75) is 19.9 Å². The molecule has 2 amide bonds. The quantitative estimate of drug-likeness (QED) is 0.204. The van der Waals surface area contributed by atoms with Crippen LogP contribution in [0.15, 0.2) is 53.9 Å². The molecule has 0 unspecified atom stereocenters. The van der Waals surface area contributed by atoms with Crippen LogP contribution in [0.4, 0.5) is 5.69 Å². The highest BCUT2D eigenvalue weighted by Gasteiger charge is 2.27. The monoisotopic (exact) mass is 586 g/mol. The van der Waals surface area contributed by atoms with Crippen LogP contribution in [0.1, 0.15) is 48.0 Å². The Hall–Kier alpha value is -5.07. The van der Waals surface area contributed by atoms with Crippen LogP contribution in [0.3, 0.4) is 0 Å². The Kier molecular flexibility index (Phi) is 8.00. The Morgan fingerprint density at radius 2 is 1.81 bits per heavy atom. The molecule has 1 aliphatic rings. The number of thiophene rings is 1. The summed E-state index contributed by atoms with van der Waals surface area (Å²) in [6.07, 6.45) is 0.666. The molecule has 4 aromatic rings. The lowest BCUT2D eigenvalue weighted by atomic mass is 9.93. The fourth-order valence-corrected chi connectivity index (χ4v) is 5.70. The summed E-state index contributed by atoms with van der Waals surface area (Å²) in [4.78, 5) is 54.5. The zero-order valence-electron chi connectivity index (χ0n) is 22.4. The van der Waals surface area contributed by atoms with Gasteiger partial charge in [0.15, 0.2) is 5.69 Å². The molecule has 11 nitrogen and oxygen atoms in total. The van der Waals surface area contributed by atoms with Crippen molar-refractivity contribution in [2.75, 3.05) is 18.5 Å². The van der Waals surface area contributed by atoms with Gasteiger partial charge in [-0.3, -0.25) is 14.4 Å². The summed E-state index contributed by atoms with van der Waals surface area (Å²) in [6, 6.07) is 13.4. The number of aromatic carboxylic acids is 1. The van der Waals surface area contributed by atoms with Crippen LogP contribution in [-0.4, -0.2) is 52.1 Å². The van der Waals surface area contributed by atoms with Gasteiger partial charge in [0.2, 0.25) is 0 Å². The SMILES string of the molecule is Cc1cc(CN)ccc1NC(=O)c1cc2c(cc1-c1ccc(C(=O)NCC(=O)O)nc1C(=O)O)OCCc1ccsc1-2. The maximum Gasteiger partial charge on any atom is 0.355 e. The first-order valence-electron chi connectivity index (χ1n) is 12.9. The molecule has 5 rings (SSSR count). The molecule has 0 fully saturated rings. The zero-order valence-corrected chi connectivity index (χ0v) is 23.2. The van der Waals surface area contributed by atoms with Crippen LogP contribution in [-0.2, 0) is 17.8 Å². The van der Waals surface area contributed by atoms with Gasteiger partial charge in [-0.25, -0.2) is 9.78 Å². The van der Waals surface area contributed by atoms with Crippen molar-refractivity contribution in [3.8, 4) is 27.3 Å². The number of hydrogen-bond donors (Lipinski definition) is 5. The minimum Gasteiger partial charge on any atom is -0.493 e. The van der Waals surface area contributed by atoms with Gasteiger partial charge in [0.1, 0.15) is 18.0 Å². The molecule has 6 N–H and O–H groups in total. The second-order valence-corrected chi connectivity index (χ2v) is 10.5. The fraction of sp³-hybridized carbons (Fsp3) is 0.167. The largest absolute Gasteiger partial charge is 0.493 e. The highest BCUT2D eigenvalue weighted by Crippen LogP contribution is 2.43. The van der Waals surface area contributed by atoms with Gasteiger partial charge in [-0.05, 0) is 65.4 Å². The first-order chi connectivity index (χ1) is 20.2. The van der Waals surface area contributed by atoms with Crippen LogP contribution in [0, 0.1) is 6.92 Å². The summed E-state index contributed by atoms with van der Waals surface area (Å²) >= 11 is 1.52. The van der Waals surface area contributed by atoms with Gasteiger partial charge in [-0.1, -0.05) is 12.1 Å². The second kappa shape index (κ2) is 11.8. The van der Waals surface area contributed by atoms with E-state index >= 15 is 0 Å². The minimum absolute atomic E-state index is 0.0830. The molecular formula is C30H26N4O7S. The molecule has 2 aromatic heterocycles. The number of aliphatic carboxylic acids is 1. The van der Waals surface area contributed by atoms with E-state index in [0.717, 1.165) is 21.6 Å². The lowest BCUT2D eigenvalue weighted by Crippen LogP contribution is -2.30. The van der Waals surface area contributed by atoms with E-state index in [9.17, 15) is 24.3 Å². The van der Waals surface area contributed by atoms with Gasteiger partial charge >= 0.3 is 11.9 Å². The molecule has 42 heavy (non-hydrogen) atoms. The number of fused-ring (bicyclic) bond motifs is 3. The molecule has 3 heterocycles. The summed E-state index contributed by atoms with van der Waals surface area (Å²) in [6.45, 7) is 1.93. The smallest absolute Gasteiger partial charge is 0.355 e. The van der Waals surface area contributed by atoms with Crippen LogP contribution < -0.4 is 21.1 Å². The van der Waals surface area contributed by atoms with Crippen LogP contribution in [0.2, 0.25) is 0 Å². The predicted octanol–water partition coefficient (Wildman–Crippen LogP) is 3.94. The Morgan fingerprint density at radius 1 is 1.00 bits per heavy atom. The van der Waals surface area contributed by atoms with Gasteiger partial charge in [0.25, 0.3) is 11.8 Å². The van der Waals surface area contributed by atoms with Gasteiger partial charge in [-0.2, -0.15) is 0 Å². The normalized spacial score (nSPS) is 11.9. The number of rotatable bonds is 8. The van der Waals surface area contributed by atoms with E-state index in [2.05, 4.69) is 15.6 Å². The Bertz CT molecular complexity index is 1750. The number of anilines is 1. The average molecular weight is 587 g/mol. The third-order valence-electron chi connectivity index (χ3n) is 6.78. The van der Waals surface area contributed by atoms with Crippen LogP contribution in [0.5, 0.6) is 5.75 Å². The first kappa shape index (κ1) is 28.5. The highest BCUT2D eigenvalue weighted by atomic mass is 32.1. The molecule has 214 valence electrons. The number of carboxylic acid groups (broad SMARTS) is 2. The van der Waals surface area contributed by atoms with Crippen molar-refractivity contribution >= 4 is 40.8 Å². The standard InChI is InChI=1S/C30H26N4O7S/c1-15-10-16(13-31)2-4-22(15)34-28(37)20-11-21-24(41-8-6-17-7-9-42-27(17)21)12-19(20)18-3-5-23(33-26(18)30(39)40)29(38)32-14-25(35)36/h2-5,7,9-12H,6,8,13-14,31H2,1H3,(H,32,38)(H,34,37)(H,35,36)(H,39,40). The summed E-state index contributed by atoms with van der Waals surface area (Å²) in [7, 11) is 0.